The number of carbonyl (C=O) groups is 1. The molecule has 6 N–H and O–H groups in total. The lowest BCUT2D eigenvalue weighted by atomic mass is 10.1. The van der Waals surface area contributed by atoms with Crippen molar-refractivity contribution in [3.05, 3.63) is 6.33 Å². The minimum Gasteiger partial charge on any atom is -0.444 e. The van der Waals surface area contributed by atoms with Crippen LogP contribution in [0, 0.1) is 0 Å². The van der Waals surface area contributed by atoms with Gasteiger partial charge in [0.1, 0.15) is 29.4 Å². The van der Waals surface area contributed by atoms with Gasteiger partial charge >= 0.3 is 6.09 Å². The fourth-order valence-electron chi connectivity index (χ4n) is 2.94. The number of rotatable bonds is 6. The van der Waals surface area contributed by atoms with Crippen molar-refractivity contribution in [2.24, 2.45) is 0 Å². The molecule has 1 saturated heterocycles. The van der Waals surface area contributed by atoms with E-state index in [0.29, 0.717) is 17.7 Å². The van der Waals surface area contributed by atoms with Crippen LogP contribution in [0.5, 0.6) is 0 Å². The van der Waals surface area contributed by atoms with Gasteiger partial charge in [0.15, 0.2) is 17.7 Å². The first kappa shape index (κ1) is 22.3. The lowest BCUT2D eigenvalue weighted by Crippen LogP contribution is -2.35. The number of anilines is 2. The number of aliphatic hydroxyl groups is 2. The van der Waals surface area contributed by atoms with Gasteiger partial charge in [-0.1, -0.05) is 0 Å². The third-order valence-corrected chi connectivity index (χ3v) is 4.59. The van der Waals surface area contributed by atoms with Crippen LogP contribution in [0.3, 0.4) is 0 Å². The van der Waals surface area contributed by atoms with Crippen LogP contribution in [0.1, 0.15) is 27.0 Å². The Morgan fingerprint density at radius 3 is 2.70 bits per heavy atom. The number of hydrogen-bond acceptors (Lipinski definition) is 10. The summed E-state index contributed by atoms with van der Waals surface area (Å²) < 4.78 is 12.3. The van der Waals surface area contributed by atoms with Crippen molar-refractivity contribution in [2.45, 2.75) is 50.9 Å². The second-order valence-electron chi connectivity index (χ2n) is 7.81. The Morgan fingerprint density at radius 1 is 1.33 bits per heavy atom. The Morgan fingerprint density at radius 2 is 2.07 bits per heavy atom. The number of alkyl carbamates (subject to hydrolysis) is 1. The summed E-state index contributed by atoms with van der Waals surface area (Å²) >= 11 is 5.78. The third kappa shape index (κ3) is 4.83. The van der Waals surface area contributed by atoms with Crippen LogP contribution in [0.4, 0.5) is 16.6 Å². The molecule has 12 nitrogen and oxygen atoms in total. The van der Waals surface area contributed by atoms with Crippen molar-refractivity contribution in [3.63, 3.8) is 0 Å². The zero-order valence-electron chi connectivity index (χ0n) is 16.9. The molecule has 0 spiro atoms. The van der Waals surface area contributed by atoms with Gasteiger partial charge in [0.05, 0.1) is 12.2 Å². The molecular formula is C17H26ClN7O5. The number of amides is 1. The van der Waals surface area contributed by atoms with Crippen LogP contribution in [0.25, 0.3) is 11.2 Å². The van der Waals surface area contributed by atoms with Gasteiger partial charge < -0.3 is 36.1 Å². The van der Waals surface area contributed by atoms with Gasteiger partial charge in [-0.25, -0.2) is 9.78 Å². The molecule has 3 heterocycles. The molecule has 0 aromatic carbocycles. The lowest BCUT2D eigenvalue weighted by Gasteiger charge is -2.19. The van der Waals surface area contributed by atoms with E-state index >= 15 is 0 Å². The highest BCUT2D eigenvalue weighted by Crippen LogP contribution is 2.32. The van der Waals surface area contributed by atoms with Crippen LogP contribution in [-0.2, 0) is 9.47 Å². The average molecular weight is 444 g/mol. The maximum Gasteiger partial charge on any atom is 0.407 e. The number of nitrogen functional groups attached to an aromatic ring is 1. The zero-order chi connectivity index (χ0) is 22.1. The molecule has 2 aromatic rings. The quantitative estimate of drug-likeness (QED) is 0.307. The molecule has 1 aliphatic rings. The first-order valence-electron chi connectivity index (χ1n) is 9.39. The molecule has 2 aromatic heterocycles. The van der Waals surface area contributed by atoms with Gasteiger partial charge in [-0.3, -0.25) is 4.57 Å². The zero-order valence-corrected chi connectivity index (χ0v) is 17.6. The van der Waals surface area contributed by atoms with Crippen molar-refractivity contribution < 1.29 is 24.5 Å². The number of nitrogens with zero attached hydrogens (tertiary/aromatic N) is 4. The second-order valence-corrected chi connectivity index (χ2v) is 8.12. The SMILES string of the molecule is CC(C)(C)OC(=O)NCCNc1nc(N)c2ncn(C3OC(CCl)C(O)C3O)c2n1. The van der Waals surface area contributed by atoms with E-state index in [0.717, 1.165) is 0 Å². The number of aliphatic hydroxyl groups excluding tert-OH is 2. The van der Waals surface area contributed by atoms with Crippen molar-refractivity contribution in [1.82, 2.24) is 24.8 Å². The molecule has 0 bridgehead atoms. The summed E-state index contributed by atoms with van der Waals surface area (Å²) in [4.78, 5) is 24.4. The van der Waals surface area contributed by atoms with Gasteiger partial charge in [-0.15, -0.1) is 11.6 Å². The number of ether oxygens (including phenoxy) is 2. The van der Waals surface area contributed by atoms with Gasteiger partial charge in [0, 0.05) is 13.1 Å². The Labute approximate surface area is 177 Å². The van der Waals surface area contributed by atoms with Crippen LogP contribution in [-0.4, -0.2) is 78.7 Å². The average Bonchev–Trinajstić information content (AvgIpc) is 3.19. The molecule has 1 amide bonds. The van der Waals surface area contributed by atoms with Gasteiger partial charge in [0.25, 0.3) is 0 Å². The molecule has 3 rings (SSSR count). The van der Waals surface area contributed by atoms with Crippen molar-refractivity contribution in [3.8, 4) is 0 Å². The van der Waals surface area contributed by atoms with E-state index in [1.165, 1.54) is 10.9 Å². The largest absolute Gasteiger partial charge is 0.444 e. The van der Waals surface area contributed by atoms with Crippen molar-refractivity contribution >= 4 is 40.6 Å². The van der Waals surface area contributed by atoms with Gasteiger partial charge in [-0.2, -0.15) is 9.97 Å². The fraction of sp³-hybridized carbons (Fsp3) is 0.647. The number of imidazole rings is 1. The summed E-state index contributed by atoms with van der Waals surface area (Å²) in [5.74, 6) is 0.355. The Balaban J connectivity index is 1.69. The monoisotopic (exact) mass is 443 g/mol. The molecular weight excluding hydrogens is 418 g/mol. The molecule has 0 aliphatic carbocycles. The third-order valence-electron chi connectivity index (χ3n) is 4.29. The molecule has 4 unspecified atom stereocenters. The fourth-order valence-corrected chi connectivity index (χ4v) is 3.20. The highest BCUT2D eigenvalue weighted by molar-refractivity contribution is 6.18. The van der Waals surface area contributed by atoms with Gasteiger partial charge in [0.2, 0.25) is 5.95 Å². The van der Waals surface area contributed by atoms with Gasteiger partial charge in [-0.05, 0) is 20.8 Å². The first-order chi connectivity index (χ1) is 14.1. The number of nitrogens with two attached hydrogens (primary N) is 1. The topological polar surface area (TPSA) is 170 Å². The number of halogens is 1. The smallest absolute Gasteiger partial charge is 0.407 e. The normalized spacial score (nSPS) is 24.2. The van der Waals surface area contributed by atoms with E-state index in [2.05, 4.69) is 25.6 Å². The number of alkyl halides is 1. The summed E-state index contributed by atoms with van der Waals surface area (Å²) in [5.41, 5.74) is 6.04. The standard InChI is InChI=1S/C17H26ClN7O5/c1-17(2,3)30-16(28)21-5-4-20-15-23-12(19)9-13(24-15)25(7-22-9)14-11(27)10(26)8(6-18)29-14/h7-8,10-11,14,26-27H,4-6H2,1-3H3,(H,21,28)(H3,19,20,23,24). The summed E-state index contributed by atoms with van der Waals surface area (Å²) in [6.45, 7) is 5.91. The van der Waals surface area contributed by atoms with Crippen LogP contribution >= 0.6 is 11.6 Å². The lowest BCUT2D eigenvalue weighted by molar-refractivity contribution is -0.0291. The number of fused-ring (bicyclic) bond motifs is 1. The minimum atomic E-state index is -1.21. The van der Waals surface area contributed by atoms with Crippen LogP contribution < -0.4 is 16.4 Å². The molecule has 1 fully saturated rings. The minimum absolute atomic E-state index is 0.0237. The first-order valence-corrected chi connectivity index (χ1v) is 9.92. The number of carbonyl (C=O) groups excluding carboxylic acids is 1. The van der Waals surface area contributed by atoms with Crippen molar-refractivity contribution in [2.75, 3.05) is 30.0 Å². The van der Waals surface area contributed by atoms with E-state index in [4.69, 9.17) is 26.8 Å². The second kappa shape index (κ2) is 8.76. The molecule has 0 radical (unpaired) electrons. The van der Waals surface area contributed by atoms with E-state index in [1.807, 2.05) is 0 Å². The summed E-state index contributed by atoms with van der Waals surface area (Å²) in [6.07, 6.45) is -3.12. The van der Waals surface area contributed by atoms with Crippen LogP contribution in [0.15, 0.2) is 6.33 Å². The Hall–Kier alpha value is -2.41. The molecule has 1 aliphatic heterocycles. The number of aromatic nitrogens is 4. The summed E-state index contributed by atoms with van der Waals surface area (Å²) in [5, 5.41) is 25.9. The van der Waals surface area contributed by atoms with Crippen LogP contribution in [0.2, 0.25) is 0 Å². The molecule has 0 saturated carbocycles. The number of hydrogen-bond donors (Lipinski definition) is 5. The predicted molar refractivity (Wildman–Crippen MR) is 109 cm³/mol. The van der Waals surface area contributed by atoms with E-state index < -0.39 is 36.2 Å². The van der Waals surface area contributed by atoms with E-state index in [-0.39, 0.29) is 24.2 Å². The highest BCUT2D eigenvalue weighted by atomic mass is 35.5. The predicted octanol–water partition coefficient (Wildman–Crippen LogP) is 0.203. The summed E-state index contributed by atoms with van der Waals surface area (Å²) in [6, 6.07) is 0. The highest BCUT2D eigenvalue weighted by Gasteiger charge is 2.43. The molecule has 30 heavy (non-hydrogen) atoms. The Kier molecular flexibility index (Phi) is 6.50. The van der Waals surface area contributed by atoms with E-state index in [9.17, 15) is 15.0 Å². The number of nitrogens with one attached hydrogen (secondary N) is 2. The van der Waals surface area contributed by atoms with E-state index in [1.54, 1.807) is 20.8 Å². The molecule has 4 atom stereocenters. The summed E-state index contributed by atoms with van der Waals surface area (Å²) in [7, 11) is 0. The Bertz CT molecular complexity index is 902. The maximum atomic E-state index is 11.7. The maximum absolute atomic E-state index is 11.7. The van der Waals surface area contributed by atoms with Crippen molar-refractivity contribution in [1.29, 1.82) is 0 Å². The molecule has 166 valence electrons. The molecule has 13 heteroatoms.